The van der Waals surface area contributed by atoms with Crippen LogP contribution in [0.3, 0.4) is 0 Å². The molecule has 11 heteroatoms. The maximum absolute atomic E-state index is 12.1. The minimum atomic E-state index is -2.04. The van der Waals surface area contributed by atoms with Crippen LogP contribution in [0.4, 0.5) is 14.6 Å². The Labute approximate surface area is 240 Å². The summed E-state index contributed by atoms with van der Waals surface area (Å²) in [6, 6.07) is 5.72. The Bertz CT molecular complexity index is 909. The number of benzene rings is 1. The first-order valence-electron chi connectivity index (χ1n) is 8.30. The molecule has 6 nitrogen and oxygen atoms in total. The molecule has 1 fully saturated rings. The van der Waals surface area contributed by atoms with Crippen molar-refractivity contribution in [2.45, 2.75) is 33.1 Å². The van der Waals surface area contributed by atoms with E-state index < -0.39 is 17.9 Å². The number of alkyl halides is 2. The van der Waals surface area contributed by atoms with E-state index >= 15 is 0 Å². The number of halogens is 2. The van der Waals surface area contributed by atoms with Crippen molar-refractivity contribution in [1.82, 2.24) is 4.57 Å². The second-order valence-corrected chi connectivity index (χ2v) is 6.22. The summed E-state index contributed by atoms with van der Waals surface area (Å²) in [5.74, 6) is -0.945. The van der Waals surface area contributed by atoms with E-state index in [2.05, 4.69) is 19.6 Å². The number of nitrogens with zero attached hydrogens (tertiary/aromatic N) is 1. The average Bonchev–Trinajstić information content (AvgIpc) is 3.48. The molecule has 158 valence electrons. The van der Waals surface area contributed by atoms with Gasteiger partial charge in [0.2, 0.25) is 6.43 Å². The van der Waals surface area contributed by atoms with Gasteiger partial charge in [-0.25, -0.2) is 21.3 Å². The third-order valence-corrected chi connectivity index (χ3v) is 4.20. The number of aromatic hydroxyl groups is 1. The number of primary amides is 1. The van der Waals surface area contributed by atoms with Crippen LogP contribution in [0.15, 0.2) is 29.1 Å². The fraction of sp³-hybridized carbons (Fsp3) is 0.316. The van der Waals surface area contributed by atoms with Gasteiger partial charge in [-0.2, -0.15) is 0 Å². The molecule has 1 heterocycles. The number of phenols is 1. The molecule has 0 saturated heterocycles. The molecule has 0 unspecified atom stereocenters. The van der Waals surface area contributed by atoms with Crippen molar-refractivity contribution >= 4 is 31.3 Å². The number of thiol groups is 1. The fourth-order valence-corrected chi connectivity index (χ4v) is 2.51. The number of hydrogen-bond donors (Lipinski definition) is 4. The smallest absolute Gasteiger partial charge is 0.508 e. The van der Waals surface area contributed by atoms with Gasteiger partial charge in [0.15, 0.2) is 7.12 Å². The number of phenolic OH excluding ortho intramolecular Hbond substituents is 1. The topological polar surface area (TPSA) is 111 Å². The molecule has 0 bridgehead atoms. The minimum absolute atomic E-state index is 0. The molecule has 1 amide bonds. The van der Waals surface area contributed by atoms with Gasteiger partial charge in [0.1, 0.15) is 11.6 Å². The van der Waals surface area contributed by atoms with Crippen molar-refractivity contribution in [3.05, 3.63) is 58.7 Å². The number of carbonyl (C=O) groups is 1. The maximum Gasteiger partial charge on any atom is 1.00 e. The predicted octanol–water partition coefficient (Wildman–Crippen LogP) is -0.0435. The molecule has 5 N–H and O–H groups in total. The predicted molar refractivity (Wildman–Crippen MR) is 116 cm³/mol. The number of aryl methyl sites for hydroxylation is 1. The van der Waals surface area contributed by atoms with Crippen LogP contribution in [-0.2, 0) is 0 Å². The van der Waals surface area contributed by atoms with Crippen molar-refractivity contribution in [2.75, 3.05) is 5.73 Å². The van der Waals surface area contributed by atoms with Gasteiger partial charge < -0.3 is 24.0 Å². The number of amides is 1. The van der Waals surface area contributed by atoms with Crippen molar-refractivity contribution in [1.29, 1.82) is 0 Å². The number of carbonyl (C=O) groups excluding carboxylic acids is 1. The zero-order valence-corrected chi connectivity index (χ0v) is 24.7. The maximum atomic E-state index is 12.1. The van der Waals surface area contributed by atoms with Gasteiger partial charge in [0.05, 0.1) is 11.3 Å². The van der Waals surface area contributed by atoms with Gasteiger partial charge >= 0.3 is 68.9 Å². The second kappa shape index (κ2) is 14.6. The van der Waals surface area contributed by atoms with E-state index in [1.165, 1.54) is 22.8 Å². The van der Waals surface area contributed by atoms with Gasteiger partial charge in [0.25, 0.3) is 11.5 Å². The van der Waals surface area contributed by atoms with E-state index in [4.69, 9.17) is 11.5 Å². The first kappa shape index (κ1) is 31.8. The van der Waals surface area contributed by atoms with Crippen LogP contribution in [0.1, 0.15) is 34.3 Å². The summed E-state index contributed by atoms with van der Waals surface area (Å²) < 4.78 is 23.6. The minimum Gasteiger partial charge on any atom is -0.508 e. The summed E-state index contributed by atoms with van der Waals surface area (Å²) in [6.45, 7) is 3.45. The van der Waals surface area contributed by atoms with Crippen LogP contribution in [0, 0.1) is 27.2 Å². The van der Waals surface area contributed by atoms with Crippen LogP contribution in [0.2, 0.25) is 0 Å². The molecule has 2 aromatic rings. The van der Waals surface area contributed by atoms with Gasteiger partial charge in [0, 0.05) is 17.5 Å². The second-order valence-electron chi connectivity index (χ2n) is 6.22. The Kier molecular flexibility index (Phi) is 15.4. The van der Waals surface area contributed by atoms with E-state index in [9.17, 15) is 23.5 Å². The molecular formula is C19H25BCsF2N3O3S. The number of aromatic nitrogens is 1. The third-order valence-electron chi connectivity index (χ3n) is 4.20. The Morgan fingerprint density at radius 1 is 1.23 bits per heavy atom. The normalized spacial score (nSPS) is 11.7. The molecular weight excluding hydrogens is 532 g/mol. The van der Waals surface area contributed by atoms with Crippen molar-refractivity contribution in [3.8, 4) is 11.4 Å². The summed E-state index contributed by atoms with van der Waals surface area (Å²) in [5, 5.41) is 9.80. The number of hydrogen-bond acceptors (Lipinski definition) is 5. The van der Waals surface area contributed by atoms with E-state index in [-0.39, 0.29) is 99.4 Å². The van der Waals surface area contributed by atoms with Crippen LogP contribution in [-0.4, -0.2) is 29.1 Å². The summed E-state index contributed by atoms with van der Waals surface area (Å²) in [6.07, 6.45) is -0.542. The van der Waals surface area contributed by atoms with E-state index in [1.54, 1.807) is 19.9 Å². The molecule has 0 atom stereocenters. The van der Waals surface area contributed by atoms with Crippen molar-refractivity contribution < 1.29 is 87.6 Å². The molecule has 2 radical (unpaired) electrons. The largest absolute Gasteiger partial charge is 1.00 e. The van der Waals surface area contributed by atoms with E-state index in [0.29, 0.717) is 11.3 Å². The van der Waals surface area contributed by atoms with Gasteiger partial charge in [-0.15, -0.1) is 0 Å². The zero-order chi connectivity index (χ0) is 21.6. The quantitative estimate of drug-likeness (QED) is 0.241. The summed E-state index contributed by atoms with van der Waals surface area (Å²) in [5.41, 5.74) is 12.5. The summed E-state index contributed by atoms with van der Waals surface area (Å²) in [4.78, 5) is 23.4. The molecule has 1 aromatic carbocycles. The first-order chi connectivity index (χ1) is 13.1. The third kappa shape index (κ3) is 8.25. The summed E-state index contributed by atoms with van der Waals surface area (Å²) in [7, 11) is 4.19. The molecule has 0 spiro atoms. The van der Waals surface area contributed by atoms with Crippen LogP contribution in [0.25, 0.3) is 5.69 Å². The zero-order valence-electron chi connectivity index (χ0n) is 17.5. The molecule has 30 heavy (non-hydrogen) atoms. The van der Waals surface area contributed by atoms with Crippen LogP contribution in [0.5, 0.6) is 5.75 Å². The molecule has 1 aliphatic rings. The van der Waals surface area contributed by atoms with Crippen molar-refractivity contribution in [3.63, 3.8) is 0 Å². The van der Waals surface area contributed by atoms with Crippen LogP contribution >= 0.6 is 12.5 Å². The number of pyridine rings is 1. The Hall–Kier alpha value is -0.433. The monoisotopic (exact) mass is 557 g/mol. The number of nitrogen functional groups attached to an aromatic ring is 1. The molecule has 1 aliphatic carbocycles. The molecule has 1 aromatic heterocycles. The SMILES string of the molecule is Cc1ccc(O)c(C)c1-n1c(N)c(C(N)=O)ccc1=O.FC(F)C1CC1.[B]S.[CH3-].[Cs+]. The average molecular weight is 557 g/mol. The number of anilines is 1. The molecule has 1 saturated carbocycles. The number of nitrogens with two attached hydrogens (primary N) is 2. The number of rotatable bonds is 3. The van der Waals surface area contributed by atoms with Gasteiger partial charge in [-0.05, 0) is 44.4 Å². The van der Waals surface area contributed by atoms with Crippen molar-refractivity contribution in [2.24, 2.45) is 11.7 Å². The Morgan fingerprint density at radius 2 is 1.77 bits per heavy atom. The Morgan fingerprint density at radius 3 is 2.17 bits per heavy atom. The molecule has 3 rings (SSSR count). The fourth-order valence-electron chi connectivity index (χ4n) is 2.51. The standard InChI is InChI=1S/C14H15N3O3.C4H6F2.CH3.BHS.Cs/c1-7-3-5-10(18)8(2)12(7)17-11(19)6-4-9(13(17)15)14(16)20;5-4(6)3-1-2-3;;1-2;/h3-6,18H,15H2,1-2H3,(H2,16,20);3-4H,1-2H2;1H3;2H;/q;;-1;;+1. The van der Waals surface area contributed by atoms with E-state index in [1.807, 2.05) is 0 Å². The van der Waals surface area contributed by atoms with Gasteiger partial charge in [-0.1, -0.05) is 6.07 Å². The molecule has 0 aliphatic heterocycles. The summed E-state index contributed by atoms with van der Waals surface area (Å²) >= 11 is 3.03. The Balaban J connectivity index is 0. The first-order valence-corrected chi connectivity index (χ1v) is 8.81. The van der Waals surface area contributed by atoms with Crippen LogP contribution < -0.4 is 85.9 Å². The van der Waals surface area contributed by atoms with Gasteiger partial charge in [-0.3, -0.25) is 14.2 Å². The van der Waals surface area contributed by atoms with E-state index in [0.717, 1.165) is 18.4 Å².